The summed E-state index contributed by atoms with van der Waals surface area (Å²) < 4.78 is 48.9. The van der Waals surface area contributed by atoms with Crippen molar-refractivity contribution in [1.29, 1.82) is 0 Å². The van der Waals surface area contributed by atoms with E-state index in [9.17, 15) is 13.2 Å². The van der Waals surface area contributed by atoms with Gasteiger partial charge in [0.15, 0.2) is 11.7 Å². The summed E-state index contributed by atoms with van der Waals surface area (Å²) >= 11 is 6.76. The number of benzene rings is 1. The highest BCUT2D eigenvalue weighted by atomic mass is 35.5. The van der Waals surface area contributed by atoms with Gasteiger partial charge in [0.05, 0.1) is 27.7 Å². The molecule has 2 unspecified atom stereocenters. The van der Waals surface area contributed by atoms with Gasteiger partial charge >= 0.3 is 10.2 Å². The Hall–Kier alpha value is -4.03. The molecule has 2 atom stereocenters. The second-order valence-corrected chi connectivity index (χ2v) is 13.0. The molecule has 2 aromatic heterocycles. The van der Waals surface area contributed by atoms with Crippen molar-refractivity contribution in [2.24, 2.45) is 4.40 Å². The number of aryl methyl sites for hydroxylation is 1. The van der Waals surface area contributed by atoms with Crippen LogP contribution in [-0.2, 0) is 15.0 Å². The molecule has 2 aliphatic heterocycles. The van der Waals surface area contributed by atoms with Crippen molar-refractivity contribution < 1.29 is 17.6 Å². The van der Waals surface area contributed by atoms with Gasteiger partial charge in [0.25, 0.3) is 0 Å². The molecule has 1 fully saturated rings. The van der Waals surface area contributed by atoms with Crippen LogP contribution in [0, 0.1) is 12.7 Å². The van der Waals surface area contributed by atoms with Gasteiger partial charge in [-0.1, -0.05) is 44.2 Å². The highest BCUT2D eigenvalue weighted by molar-refractivity contribution is 7.92. The van der Waals surface area contributed by atoms with Gasteiger partial charge in [-0.25, -0.2) is 14.4 Å². The van der Waals surface area contributed by atoms with E-state index in [-0.39, 0.29) is 63.3 Å². The largest absolute Gasteiger partial charge is 0.384 e. The van der Waals surface area contributed by atoms with Crippen molar-refractivity contribution in [3.63, 3.8) is 0 Å². The smallest absolute Gasteiger partial charge is 0.352 e. The maximum Gasteiger partial charge on any atom is 0.352 e. The highest BCUT2D eigenvalue weighted by Gasteiger charge is 2.42. The lowest BCUT2D eigenvalue weighted by Crippen LogP contribution is -2.60. The van der Waals surface area contributed by atoms with Crippen LogP contribution in [0.5, 0.6) is 0 Å². The minimum atomic E-state index is -4.47. The number of pyridine rings is 2. The number of anilines is 3. The molecule has 10 nitrogen and oxygen atoms in total. The van der Waals surface area contributed by atoms with Crippen molar-refractivity contribution in [2.75, 3.05) is 23.1 Å². The number of nitrogen functional groups attached to an aromatic ring is 1. The first-order valence-electron chi connectivity index (χ1n) is 13.8. The maximum atomic E-state index is 15.0. The number of amides is 1. The van der Waals surface area contributed by atoms with Crippen LogP contribution in [0.1, 0.15) is 50.4 Å². The van der Waals surface area contributed by atoms with E-state index >= 15 is 4.39 Å². The van der Waals surface area contributed by atoms with Crippen LogP contribution in [0.3, 0.4) is 0 Å². The van der Waals surface area contributed by atoms with Crippen LogP contribution in [0.25, 0.3) is 11.3 Å². The molecule has 0 spiro atoms. The number of hydrogen-bond donors (Lipinski definition) is 1. The zero-order valence-corrected chi connectivity index (χ0v) is 26.1. The summed E-state index contributed by atoms with van der Waals surface area (Å²) in [5.41, 5.74) is 7.86. The number of nitrogens with zero attached hydrogens (tertiary/aromatic N) is 6. The second-order valence-electron chi connectivity index (χ2n) is 11.1. The molecule has 3 aromatic rings. The number of hydrogen-bond acceptors (Lipinski definition) is 7. The fourth-order valence-electron chi connectivity index (χ4n) is 5.61. The van der Waals surface area contributed by atoms with Gasteiger partial charge in [-0.2, -0.15) is 12.7 Å². The average molecular weight is 626 g/mol. The van der Waals surface area contributed by atoms with Crippen molar-refractivity contribution >= 4 is 50.9 Å². The molecular weight excluding hydrogens is 593 g/mol. The standard InChI is InChI=1S/C30H33ClFN7O3S/c1-7-25(40)37-14-19(6)38(15-18(37)5)30-21-13-22(31)27(20-10-8-9-11-23(20)32)35-29(21)39(43(41,42)36-30)28-17(4)12-24(33)34-26(28)16(2)3/h7-13,16,18-19H,1,14-15H2,2-6H3,(H2,33,34). The van der Waals surface area contributed by atoms with Gasteiger partial charge in [0, 0.05) is 30.7 Å². The molecule has 226 valence electrons. The van der Waals surface area contributed by atoms with E-state index in [1.807, 2.05) is 32.6 Å². The highest BCUT2D eigenvalue weighted by Crippen LogP contribution is 2.44. The number of carbonyl (C=O) groups excluding carboxylic acids is 1. The number of amidine groups is 1. The Morgan fingerprint density at radius 2 is 1.84 bits per heavy atom. The average Bonchev–Trinajstić information content (AvgIpc) is 2.94. The van der Waals surface area contributed by atoms with Gasteiger partial charge in [0.2, 0.25) is 5.91 Å². The Labute approximate surface area is 255 Å². The quantitative estimate of drug-likeness (QED) is 0.395. The first-order chi connectivity index (χ1) is 20.2. The van der Waals surface area contributed by atoms with E-state index < -0.39 is 16.0 Å². The number of carbonyl (C=O) groups is 1. The van der Waals surface area contributed by atoms with Gasteiger partial charge in [0.1, 0.15) is 11.6 Å². The molecule has 43 heavy (non-hydrogen) atoms. The molecule has 2 N–H and O–H groups in total. The summed E-state index contributed by atoms with van der Waals surface area (Å²) in [6.07, 6.45) is 1.26. The second kappa shape index (κ2) is 11.2. The van der Waals surface area contributed by atoms with E-state index in [0.717, 1.165) is 4.31 Å². The predicted octanol–water partition coefficient (Wildman–Crippen LogP) is 5.20. The first-order valence-corrected chi connectivity index (χ1v) is 15.6. The van der Waals surface area contributed by atoms with Crippen LogP contribution < -0.4 is 10.0 Å². The van der Waals surface area contributed by atoms with Crippen LogP contribution in [0.15, 0.2) is 53.5 Å². The number of rotatable bonds is 4. The van der Waals surface area contributed by atoms with E-state index in [2.05, 4.69) is 16.0 Å². The van der Waals surface area contributed by atoms with E-state index in [4.69, 9.17) is 22.3 Å². The third-order valence-corrected chi connectivity index (χ3v) is 9.16. The lowest BCUT2D eigenvalue weighted by Gasteiger charge is -2.46. The van der Waals surface area contributed by atoms with E-state index in [0.29, 0.717) is 29.9 Å². The Morgan fingerprint density at radius 1 is 1.14 bits per heavy atom. The minimum Gasteiger partial charge on any atom is -0.384 e. The van der Waals surface area contributed by atoms with Gasteiger partial charge in [-0.3, -0.25) is 4.79 Å². The summed E-state index contributed by atoms with van der Waals surface area (Å²) in [4.78, 5) is 25.2. The first kappa shape index (κ1) is 30.4. The molecule has 0 radical (unpaired) electrons. The van der Waals surface area contributed by atoms with Gasteiger partial charge in [-0.05, 0) is 62.6 Å². The molecule has 2 aliphatic rings. The van der Waals surface area contributed by atoms with Crippen molar-refractivity contribution in [3.8, 4) is 11.3 Å². The molecular formula is C30H33ClFN7O3S. The number of fused-ring (bicyclic) bond motifs is 1. The molecule has 0 bridgehead atoms. The van der Waals surface area contributed by atoms with Crippen LogP contribution in [0.2, 0.25) is 5.02 Å². The fraction of sp³-hybridized carbons (Fsp3) is 0.333. The Morgan fingerprint density at radius 3 is 2.49 bits per heavy atom. The molecule has 1 amide bonds. The van der Waals surface area contributed by atoms with Crippen LogP contribution in [-0.4, -0.2) is 65.1 Å². The molecule has 4 heterocycles. The molecule has 5 rings (SSSR count). The predicted molar refractivity (Wildman–Crippen MR) is 167 cm³/mol. The van der Waals surface area contributed by atoms with Crippen molar-refractivity contribution in [3.05, 3.63) is 76.7 Å². The zero-order valence-electron chi connectivity index (χ0n) is 24.5. The van der Waals surface area contributed by atoms with Gasteiger partial charge < -0.3 is 15.5 Å². The minimum absolute atomic E-state index is 0.00803. The molecule has 0 aliphatic carbocycles. The summed E-state index contributed by atoms with van der Waals surface area (Å²) in [7, 11) is -4.47. The van der Waals surface area contributed by atoms with Crippen molar-refractivity contribution in [1.82, 2.24) is 19.8 Å². The summed E-state index contributed by atoms with van der Waals surface area (Å²) in [6.45, 7) is 13.4. The third-order valence-electron chi connectivity index (χ3n) is 7.65. The molecule has 0 saturated carbocycles. The zero-order chi connectivity index (χ0) is 31.4. The monoisotopic (exact) mass is 625 g/mol. The molecule has 13 heteroatoms. The Kier molecular flexibility index (Phi) is 7.95. The van der Waals surface area contributed by atoms with E-state index in [1.54, 1.807) is 36.1 Å². The van der Waals surface area contributed by atoms with Crippen LogP contribution in [0.4, 0.5) is 21.7 Å². The summed E-state index contributed by atoms with van der Waals surface area (Å²) in [5, 5.41) is 0.119. The lowest BCUT2D eigenvalue weighted by molar-refractivity contribution is -0.130. The Balaban J connectivity index is 1.78. The summed E-state index contributed by atoms with van der Waals surface area (Å²) in [6, 6.07) is 8.58. The number of aromatic nitrogens is 2. The molecule has 1 aromatic carbocycles. The summed E-state index contributed by atoms with van der Waals surface area (Å²) in [5.74, 6) is -0.595. The number of nitrogens with two attached hydrogens (primary N) is 1. The topological polar surface area (TPSA) is 125 Å². The number of halogens is 2. The normalized spacial score (nSPS) is 19.7. The van der Waals surface area contributed by atoms with Crippen molar-refractivity contribution in [2.45, 2.75) is 52.6 Å². The SMILES string of the molecule is C=CC(=O)N1CC(C)N(C2=NS(=O)(=O)N(c3c(C)cc(N)nc3C(C)C)c3nc(-c4ccccc4F)c(Cl)cc32)CC1C. The maximum absolute atomic E-state index is 15.0. The van der Waals surface area contributed by atoms with Gasteiger partial charge in [-0.15, -0.1) is 4.40 Å². The molecule has 1 saturated heterocycles. The third kappa shape index (κ3) is 5.33. The lowest BCUT2D eigenvalue weighted by atomic mass is 10.0. The Bertz CT molecular complexity index is 1780. The van der Waals surface area contributed by atoms with Crippen LogP contribution >= 0.6 is 11.6 Å². The fourth-order valence-corrected chi connectivity index (χ4v) is 7.19. The van der Waals surface area contributed by atoms with E-state index in [1.165, 1.54) is 18.2 Å². The number of piperazine rings is 1.